The van der Waals surface area contributed by atoms with Crippen molar-refractivity contribution in [2.75, 3.05) is 178 Å². The van der Waals surface area contributed by atoms with E-state index in [1.807, 2.05) is 83.8 Å². The van der Waals surface area contributed by atoms with Crippen molar-refractivity contribution < 1.29 is 71.5 Å². The van der Waals surface area contributed by atoms with Gasteiger partial charge in [0, 0.05) is 122 Å². The molecule has 136 heavy (non-hydrogen) atoms. The van der Waals surface area contributed by atoms with Crippen LogP contribution in [0.1, 0.15) is 214 Å². The maximum Gasteiger partial charge on any atom is 0.325 e. The number of rotatable bonds is 26. The minimum atomic E-state index is -0.574. The van der Waals surface area contributed by atoms with Crippen LogP contribution in [0.3, 0.4) is 0 Å². The van der Waals surface area contributed by atoms with Gasteiger partial charge in [-0.15, -0.1) is 0 Å². The van der Waals surface area contributed by atoms with E-state index in [9.17, 15) is 57.5 Å². The molecular formula is C104H147Cl2N15O15. The average Bonchev–Trinajstić information content (AvgIpc) is 1.53. The largest absolute Gasteiger partial charge is 0.466 e. The first-order valence-electron chi connectivity index (χ1n) is 49.8. The summed E-state index contributed by atoms with van der Waals surface area (Å²) in [5, 5.41) is 20.4. The van der Waals surface area contributed by atoms with Gasteiger partial charge in [-0.25, -0.2) is 9.59 Å². The number of likely N-dealkylation sites (tertiary alicyclic amines) is 8. The first-order chi connectivity index (χ1) is 65.1. The Kier molecular flexibility index (Phi) is 36.7. The number of furan rings is 2. The van der Waals surface area contributed by atoms with Gasteiger partial charge in [0.15, 0.2) is 0 Å². The Bertz CT molecular complexity index is 4820. The fraction of sp³-hybridized carbons (Fsp3) is 0.635. The van der Waals surface area contributed by atoms with E-state index in [4.69, 9.17) is 37.1 Å². The third kappa shape index (κ3) is 27.6. The van der Waals surface area contributed by atoms with E-state index in [2.05, 4.69) is 129 Å². The monoisotopic (exact) mass is 1920 g/mol. The van der Waals surface area contributed by atoms with Gasteiger partial charge < -0.3 is 64.2 Å². The van der Waals surface area contributed by atoms with Gasteiger partial charge in [0.2, 0.25) is 41.4 Å². The summed E-state index contributed by atoms with van der Waals surface area (Å²) in [6, 6.07) is 33.0. The number of imide groups is 2. The van der Waals surface area contributed by atoms with E-state index in [1.54, 1.807) is 11.0 Å². The molecular weight excluding hydrogens is 1770 g/mol. The molecule has 0 bridgehead atoms. The number of β-amino-alcohol motifs (C(OH)–C–C–N with tert-alkyl or cyclic N) is 1. The first-order valence-corrected chi connectivity index (χ1v) is 50.6. The van der Waals surface area contributed by atoms with Gasteiger partial charge in [0.05, 0.1) is 66.2 Å². The summed E-state index contributed by atoms with van der Waals surface area (Å²) in [6.45, 7) is 26.2. The van der Waals surface area contributed by atoms with Crippen LogP contribution in [-0.2, 0) is 58.8 Å². The Hall–Kier alpha value is -9.40. The van der Waals surface area contributed by atoms with E-state index in [1.165, 1.54) is 75.8 Å². The number of Topliss-reactive ketones (excluding diaryl/α,β-unsaturated/α-hetero) is 2. The van der Waals surface area contributed by atoms with Gasteiger partial charge in [0.1, 0.15) is 54.2 Å². The highest BCUT2D eigenvalue weighted by atomic mass is 35.5. The van der Waals surface area contributed by atoms with Gasteiger partial charge in [0.25, 0.3) is 5.91 Å². The number of piperidine rings is 5. The van der Waals surface area contributed by atoms with Crippen LogP contribution in [0, 0.1) is 42.9 Å². The number of hydrogen-bond donors (Lipinski definition) is 5. The maximum absolute atomic E-state index is 13.7. The van der Waals surface area contributed by atoms with Crippen LogP contribution >= 0.6 is 23.2 Å². The zero-order valence-electron chi connectivity index (χ0n) is 81.5. The lowest BCUT2D eigenvalue weighted by Crippen LogP contribution is -2.48. The highest BCUT2D eigenvalue weighted by molar-refractivity contribution is 6.42. The second-order valence-corrected chi connectivity index (χ2v) is 42.1. The smallest absolute Gasteiger partial charge is 0.325 e. The Balaban J connectivity index is 0.000000146. The summed E-state index contributed by atoms with van der Waals surface area (Å²) in [7, 11) is 6.27. The number of halogens is 2. The van der Waals surface area contributed by atoms with Crippen LogP contribution in [-0.4, -0.2) is 326 Å². The van der Waals surface area contributed by atoms with Gasteiger partial charge in [-0.2, -0.15) is 0 Å². The van der Waals surface area contributed by atoms with Gasteiger partial charge in [-0.05, 0) is 226 Å². The molecule has 2 saturated carbocycles. The summed E-state index contributed by atoms with van der Waals surface area (Å²) in [6.07, 6.45) is 21.2. The standard InChI is InChI=1S/C30H41Cl2N3O3.2C21H32N2O.C16H20N4O5.C16H22N4O5/c1-30(12-13-30)29(38)34-14-10-21(11-15-34)28(37)35-18-23(22-8-9-24(31)25(32)17-22)26(19-35)33(2)27(36)16-20-6-4-3-5-7-20;2*1-21(18-9-5-3-6-10-18)11-14-22(2)16-19(21)15-20(24)17-23-12-7-4-8-13-23;1-9-3-4-13(25-9)11-5-19(10(2)21)6-12(11)17-14(22)7-20-8-15(23)18-16(20)24;1-10-2-3-13(25-10)11-7-19(4-5-21)8-12(11)18-14(22)9-20-15(23)6-17-16(20)24/h8-9,17,20-21,23,26H,3-7,10-16,18-19H2,1-2H3;2*3,5-6,9-10,19H,4,7-8,11-17H2,1-2H3;3-4,11-12H,5-8H2,1-2H3,(H,17,22)(H,18,23,24);2-3,11-12,21H,4-9H2,1H3,(H,17,24)(H,18,22). The lowest BCUT2D eigenvalue weighted by molar-refractivity contribution is -0.142. The van der Waals surface area contributed by atoms with Crippen molar-refractivity contribution in [3.8, 4) is 0 Å². The van der Waals surface area contributed by atoms with E-state index in [-0.39, 0.29) is 120 Å². The van der Waals surface area contributed by atoms with Crippen molar-refractivity contribution in [1.82, 2.24) is 75.2 Å². The van der Waals surface area contributed by atoms with Gasteiger partial charge >= 0.3 is 12.1 Å². The minimum absolute atomic E-state index is 0.0227. The van der Waals surface area contributed by atoms with Gasteiger partial charge in [-0.3, -0.25) is 72.9 Å². The summed E-state index contributed by atoms with van der Waals surface area (Å²) >= 11 is 12.6. The van der Waals surface area contributed by atoms with Crippen molar-refractivity contribution >= 4 is 94.1 Å². The third-order valence-electron chi connectivity index (χ3n) is 31.1. The fourth-order valence-electron chi connectivity index (χ4n) is 22.2. The molecule has 5 N–H and O–H groups in total. The zero-order valence-corrected chi connectivity index (χ0v) is 83.1. The highest BCUT2D eigenvalue weighted by Gasteiger charge is 2.50. The van der Waals surface area contributed by atoms with Crippen LogP contribution in [0.15, 0.2) is 112 Å². The normalized spacial score (nSPS) is 26.3. The molecule has 3 aromatic carbocycles. The lowest BCUT2D eigenvalue weighted by Gasteiger charge is -2.45. The zero-order chi connectivity index (χ0) is 97.1. The summed E-state index contributed by atoms with van der Waals surface area (Å²) < 4.78 is 11.4. The van der Waals surface area contributed by atoms with Gasteiger partial charge in [-0.1, -0.05) is 143 Å². The molecule has 0 radical (unpaired) electrons. The van der Waals surface area contributed by atoms with E-state index < -0.39 is 29.8 Å². The second-order valence-electron chi connectivity index (χ2n) is 41.3. The topological polar surface area (TPSA) is 335 Å². The Morgan fingerprint density at radius 3 is 1.53 bits per heavy atom. The number of likely N-dealkylation sites (N-methyl/N-ethyl adjacent to an activating group) is 1. The van der Waals surface area contributed by atoms with E-state index in [0.29, 0.717) is 149 Å². The molecule has 2 aliphatic carbocycles. The quantitative estimate of drug-likeness (QED) is 0.0321. The number of aliphatic hydroxyl groups excluding tert-OH is 1. The number of amides is 12. The first kappa shape index (κ1) is 104. The number of nitrogens with one attached hydrogen (secondary N) is 4. The molecule has 742 valence electrons. The molecule has 12 heterocycles. The number of aryl methyl sites for hydroxylation is 2. The summed E-state index contributed by atoms with van der Waals surface area (Å²) in [5.74, 6) is 3.76. The molecule has 0 spiro atoms. The molecule has 32 heteroatoms. The number of benzene rings is 3. The number of carbonyl (C=O) groups excluding carboxylic acids is 12. The molecule has 17 rings (SSSR count). The van der Waals surface area contributed by atoms with Crippen LogP contribution in [0.5, 0.6) is 0 Å². The molecule has 12 aliphatic rings. The van der Waals surface area contributed by atoms with Crippen molar-refractivity contribution in [2.45, 2.75) is 217 Å². The van der Waals surface area contributed by atoms with E-state index in [0.717, 1.165) is 124 Å². The van der Waals surface area contributed by atoms with Crippen LogP contribution in [0.25, 0.3) is 0 Å². The predicted octanol–water partition coefficient (Wildman–Crippen LogP) is 11.0. The van der Waals surface area contributed by atoms with E-state index >= 15 is 0 Å². The number of ketones is 2. The second kappa shape index (κ2) is 48.0. The van der Waals surface area contributed by atoms with Crippen LogP contribution in [0.4, 0.5) is 9.59 Å². The average molecular weight is 1920 g/mol. The number of nitrogens with zero attached hydrogens (tertiary/aromatic N) is 11. The van der Waals surface area contributed by atoms with Crippen molar-refractivity contribution in [3.05, 3.63) is 153 Å². The third-order valence-corrected chi connectivity index (χ3v) is 31.8. The Morgan fingerprint density at radius 1 is 0.522 bits per heavy atom. The predicted molar refractivity (Wildman–Crippen MR) is 521 cm³/mol. The van der Waals surface area contributed by atoms with Crippen molar-refractivity contribution in [3.63, 3.8) is 0 Å². The van der Waals surface area contributed by atoms with Crippen LogP contribution in [0.2, 0.25) is 10.0 Å². The molecule has 10 aliphatic heterocycles. The maximum atomic E-state index is 13.7. The molecule has 10 unspecified atom stereocenters. The van der Waals surface area contributed by atoms with Crippen LogP contribution < -0.4 is 21.3 Å². The molecule has 10 atom stereocenters. The molecule has 12 fully saturated rings. The fourth-order valence-corrected chi connectivity index (χ4v) is 22.5. The number of aliphatic hydroxyl groups is 1. The minimum Gasteiger partial charge on any atom is -0.466 e. The molecule has 2 aromatic heterocycles. The Labute approximate surface area is 813 Å². The SMILES string of the molecule is CC(=O)N1CC(NC(=O)CN2CC(=O)NC2=O)C(c2ccc(C)o2)C1.CN(C(=O)CC1CCCCC1)C1CN(C(=O)C2CCN(C(=O)C3(C)CC3)CC2)CC1c1ccc(Cl)c(Cl)c1.CN1CCC(C)(c2ccccc2)C(CC(=O)CN2CCCCC2)C1.CN1CCC(C)(c2ccccc2)C(CC(=O)CN2CCCCC2)C1.Cc1ccc(C2CN(CCO)CC2NC(=O)CN2C(=O)CNC2=O)o1. The highest BCUT2D eigenvalue weighted by Crippen LogP contribution is 2.48. The lowest BCUT2D eigenvalue weighted by atomic mass is 9.65. The number of urea groups is 2. The summed E-state index contributed by atoms with van der Waals surface area (Å²) in [4.78, 5) is 169. The molecule has 12 amide bonds. The Morgan fingerprint density at radius 2 is 1.04 bits per heavy atom. The number of hydrogen-bond acceptors (Lipinski definition) is 20. The molecule has 5 aromatic rings. The molecule has 30 nitrogen and oxygen atoms in total. The van der Waals surface area contributed by atoms with Crippen molar-refractivity contribution in [1.29, 1.82) is 0 Å². The molecule has 10 saturated heterocycles. The summed E-state index contributed by atoms with van der Waals surface area (Å²) in [5.41, 5.74) is 3.87. The van der Waals surface area contributed by atoms with Crippen molar-refractivity contribution in [2.24, 2.45) is 29.1 Å². The number of carbonyl (C=O) groups is 12.